The third kappa shape index (κ3) is 6.21. The smallest absolute Gasteiger partial charge is 0.324 e. The molecule has 0 aliphatic carbocycles. The Kier molecular flexibility index (Phi) is 8.63. The van der Waals surface area contributed by atoms with Crippen molar-refractivity contribution >= 4 is 51.6 Å². The topological polar surface area (TPSA) is 89.3 Å². The monoisotopic (exact) mass is 550 g/mol. The Morgan fingerprint density at radius 1 is 1.09 bits per heavy atom. The number of rotatable bonds is 9. The fourth-order valence-electron chi connectivity index (χ4n) is 2.37. The van der Waals surface area contributed by atoms with Crippen LogP contribution in [0.4, 0.5) is 42.1 Å². The summed E-state index contributed by atoms with van der Waals surface area (Å²) in [4.78, 5) is 22.1. The molecule has 0 aliphatic rings. The van der Waals surface area contributed by atoms with Gasteiger partial charge in [0.05, 0.1) is 21.4 Å². The molecule has 0 fully saturated rings. The first-order valence-corrected chi connectivity index (χ1v) is 12.1. The second kappa shape index (κ2) is 10.5. The highest BCUT2D eigenvalue weighted by Crippen LogP contribution is 2.54. The van der Waals surface area contributed by atoms with Crippen LogP contribution in [0.15, 0.2) is 57.2 Å². The second-order valence-electron chi connectivity index (χ2n) is 6.32. The van der Waals surface area contributed by atoms with Crippen LogP contribution in [0.25, 0.3) is 0 Å². The predicted octanol–water partition coefficient (Wildman–Crippen LogP) is 5.95. The van der Waals surface area contributed by atoms with Crippen LogP contribution in [-0.4, -0.2) is 44.4 Å². The van der Waals surface area contributed by atoms with Crippen molar-refractivity contribution < 1.29 is 44.7 Å². The van der Waals surface area contributed by atoms with Crippen molar-refractivity contribution in [2.75, 3.05) is 17.3 Å². The zero-order chi connectivity index (χ0) is 25.9. The fourth-order valence-corrected chi connectivity index (χ4v) is 4.75. The molecule has 0 radical (unpaired) electrons. The molecule has 0 aromatic heterocycles. The van der Waals surface area contributed by atoms with E-state index in [4.69, 9.17) is 0 Å². The molecule has 0 bridgehead atoms. The van der Waals surface area contributed by atoms with Gasteiger partial charge in [-0.2, -0.15) is 30.7 Å². The van der Waals surface area contributed by atoms with Gasteiger partial charge in [-0.05, 0) is 42.3 Å². The molecule has 0 saturated carbocycles. The SMILES string of the molecule is CSc1ccc(S(=O)CC(=O)Nc2ccccc2SC(F)(F)C(F)(F)C(F)(F)F)c([N+](=O)[O-])c1. The van der Waals surface area contributed by atoms with Gasteiger partial charge in [0.2, 0.25) is 5.91 Å². The number of amides is 1. The Labute approximate surface area is 198 Å². The molecule has 6 nitrogen and oxygen atoms in total. The zero-order valence-electron chi connectivity index (χ0n) is 16.7. The molecule has 2 rings (SSSR count). The molecule has 0 aliphatic heterocycles. The molecular formula is C18H13F7N2O4S3. The van der Waals surface area contributed by atoms with E-state index in [1.165, 1.54) is 30.0 Å². The average Bonchev–Trinajstić information content (AvgIpc) is 2.73. The van der Waals surface area contributed by atoms with E-state index < -0.39 is 72.8 Å². The molecule has 2 aromatic rings. The summed E-state index contributed by atoms with van der Waals surface area (Å²) in [5.74, 6) is -8.36. The molecular weight excluding hydrogens is 537 g/mol. The van der Waals surface area contributed by atoms with E-state index in [0.717, 1.165) is 24.3 Å². The van der Waals surface area contributed by atoms with Crippen LogP contribution < -0.4 is 5.32 Å². The molecule has 2 aromatic carbocycles. The number of thioether (sulfide) groups is 2. The van der Waals surface area contributed by atoms with E-state index in [-0.39, 0.29) is 4.90 Å². The van der Waals surface area contributed by atoms with Crippen molar-refractivity contribution in [2.45, 2.75) is 32.0 Å². The Hall–Kier alpha value is -2.33. The summed E-state index contributed by atoms with van der Waals surface area (Å²) in [5, 5.41) is 7.64. The highest BCUT2D eigenvalue weighted by atomic mass is 32.2. The molecule has 1 N–H and O–H groups in total. The summed E-state index contributed by atoms with van der Waals surface area (Å²) < 4.78 is 104. The van der Waals surface area contributed by atoms with Gasteiger partial charge in [0.1, 0.15) is 10.6 Å². The van der Waals surface area contributed by atoms with Crippen LogP contribution in [0, 0.1) is 10.1 Å². The highest BCUT2D eigenvalue weighted by molar-refractivity contribution is 8.00. The average molecular weight is 550 g/mol. The normalized spacial score (nSPS) is 13.4. The maximum atomic E-state index is 13.8. The molecule has 0 spiro atoms. The van der Waals surface area contributed by atoms with Gasteiger partial charge in [-0.15, -0.1) is 11.8 Å². The van der Waals surface area contributed by atoms with Gasteiger partial charge in [-0.25, -0.2) is 0 Å². The minimum Gasteiger partial charge on any atom is -0.324 e. The van der Waals surface area contributed by atoms with E-state index in [9.17, 15) is 49.9 Å². The van der Waals surface area contributed by atoms with Gasteiger partial charge in [0, 0.05) is 15.9 Å². The lowest BCUT2D eigenvalue weighted by molar-refractivity contribution is -0.388. The summed E-state index contributed by atoms with van der Waals surface area (Å²) in [5.41, 5.74) is -1.07. The minimum atomic E-state index is -6.53. The minimum absolute atomic E-state index is 0.294. The van der Waals surface area contributed by atoms with Crippen LogP contribution >= 0.6 is 23.5 Å². The highest BCUT2D eigenvalue weighted by Gasteiger charge is 2.73. The lowest BCUT2D eigenvalue weighted by atomic mass is 10.3. The number of hydrogen-bond acceptors (Lipinski definition) is 6. The summed E-state index contributed by atoms with van der Waals surface area (Å²) in [6, 6.07) is 7.74. The largest absolute Gasteiger partial charge is 0.460 e. The summed E-state index contributed by atoms with van der Waals surface area (Å²) in [6.07, 6.45) is -4.88. The van der Waals surface area contributed by atoms with E-state index in [0.29, 0.717) is 4.90 Å². The zero-order valence-corrected chi connectivity index (χ0v) is 19.1. The van der Waals surface area contributed by atoms with Crippen molar-refractivity contribution in [2.24, 2.45) is 0 Å². The first-order valence-electron chi connectivity index (χ1n) is 8.71. The maximum absolute atomic E-state index is 13.8. The Morgan fingerprint density at radius 3 is 2.26 bits per heavy atom. The third-order valence-corrected chi connectivity index (χ3v) is 7.17. The Bertz CT molecular complexity index is 1110. The number of halogens is 7. The van der Waals surface area contributed by atoms with Crippen molar-refractivity contribution in [3.8, 4) is 0 Å². The number of para-hydroxylation sites is 1. The van der Waals surface area contributed by atoms with Crippen LogP contribution in [0.1, 0.15) is 0 Å². The lowest BCUT2D eigenvalue weighted by Crippen LogP contribution is -2.49. The van der Waals surface area contributed by atoms with Crippen molar-refractivity contribution in [3.05, 3.63) is 52.6 Å². The van der Waals surface area contributed by atoms with Crippen LogP contribution in [0.3, 0.4) is 0 Å². The molecule has 16 heteroatoms. The molecule has 1 unspecified atom stereocenters. The molecule has 1 atom stereocenters. The quantitative estimate of drug-likeness (QED) is 0.180. The van der Waals surface area contributed by atoms with Gasteiger partial charge >= 0.3 is 17.4 Å². The number of hydrogen-bond donors (Lipinski definition) is 1. The van der Waals surface area contributed by atoms with Crippen molar-refractivity contribution in [1.29, 1.82) is 0 Å². The van der Waals surface area contributed by atoms with E-state index in [1.807, 2.05) is 5.32 Å². The molecule has 34 heavy (non-hydrogen) atoms. The first-order chi connectivity index (χ1) is 15.6. The summed E-state index contributed by atoms with van der Waals surface area (Å²) in [6.45, 7) is 0. The van der Waals surface area contributed by atoms with E-state index in [1.54, 1.807) is 6.26 Å². The fraction of sp³-hybridized carbons (Fsp3) is 0.278. The first kappa shape index (κ1) is 27.9. The van der Waals surface area contributed by atoms with Crippen LogP contribution in [-0.2, 0) is 15.6 Å². The summed E-state index contributed by atoms with van der Waals surface area (Å²) in [7, 11) is -2.27. The van der Waals surface area contributed by atoms with Crippen molar-refractivity contribution in [3.63, 3.8) is 0 Å². The van der Waals surface area contributed by atoms with Gasteiger partial charge in [0.15, 0.2) is 0 Å². The second-order valence-corrected chi connectivity index (χ2v) is 9.77. The molecule has 1 amide bonds. The molecule has 0 heterocycles. The summed E-state index contributed by atoms with van der Waals surface area (Å²) >= 11 is 0.0640. The van der Waals surface area contributed by atoms with Gasteiger partial charge in [-0.3, -0.25) is 19.1 Å². The standard InChI is InChI=1S/C18H13F7N2O4S3/c1-32-10-6-7-14(12(8-10)27(29)30)34(31)9-15(28)26-11-4-2-3-5-13(11)33-18(24,25)16(19,20)17(21,22)23/h2-8H,9H2,1H3,(H,26,28). The number of nitro benzene ring substituents is 1. The number of benzene rings is 2. The number of nitrogens with zero attached hydrogens (tertiary/aromatic N) is 1. The van der Waals surface area contributed by atoms with Gasteiger partial charge < -0.3 is 5.32 Å². The van der Waals surface area contributed by atoms with Crippen LogP contribution in [0.2, 0.25) is 0 Å². The maximum Gasteiger partial charge on any atom is 0.460 e. The third-order valence-electron chi connectivity index (χ3n) is 3.99. The Morgan fingerprint density at radius 2 is 1.71 bits per heavy atom. The van der Waals surface area contributed by atoms with E-state index in [2.05, 4.69) is 0 Å². The van der Waals surface area contributed by atoms with Crippen molar-refractivity contribution in [1.82, 2.24) is 0 Å². The predicted molar refractivity (Wildman–Crippen MR) is 113 cm³/mol. The number of anilines is 1. The number of nitrogens with one attached hydrogen (secondary N) is 1. The van der Waals surface area contributed by atoms with Crippen LogP contribution in [0.5, 0.6) is 0 Å². The lowest BCUT2D eigenvalue weighted by Gasteiger charge is -2.28. The number of nitro groups is 1. The molecule has 186 valence electrons. The number of carbonyl (C=O) groups is 1. The number of alkyl halides is 7. The molecule has 0 saturated heterocycles. The number of carbonyl (C=O) groups excluding carboxylic acids is 1. The van der Waals surface area contributed by atoms with Gasteiger partial charge in [-0.1, -0.05) is 12.1 Å². The van der Waals surface area contributed by atoms with Gasteiger partial charge in [0.25, 0.3) is 5.69 Å². The van der Waals surface area contributed by atoms with E-state index >= 15 is 0 Å². The Balaban J connectivity index is 2.23.